The second-order valence-electron chi connectivity index (χ2n) is 4.70. The number of aromatic nitrogens is 3. The van der Waals surface area contributed by atoms with Crippen molar-refractivity contribution in [1.82, 2.24) is 14.8 Å². The van der Waals surface area contributed by atoms with Crippen LogP contribution >= 0.6 is 11.3 Å². The fourth-order valence-corrected chi connectivity index (χ4v) is 3.06. The Labute approximate surface area is 129 Å². The van der Waals surface area contributed by atoms with Crippen molar-refractivity contribution in [3.8, 4) is 11.5 Å². The van der Waals surface area contributed by atoms with Gasteiger partial charge < -0.3 is 9.47 Å². The second kappa shape index (κ2) is 4.99. The van der Waals surface area contributed by atoms with Crippen molar-refractivity contribution in [3.05, 3.63) is 30.1 Å². The van der Waals surface area contributed by atoms with E-state index in [1.165, 1.54) is 11.3 Å². The summed E-state index contributed by atoms with van der Waals surface area (Å²) in [5.74, 6) is 1.11. The second-order valence-corrected chi connectivity index (χ2v) is 5.73. The Balaban J connectivity index is 1.60. The summed E-state index contributed by atoms with van der Waals surface area (Å²) in [6.45, 7) is 2.92. The number of ether oxygens (including phenoxy) is 2. The summed E-state index contributed by atoms with van der Waals surface area (Å²) in [6, 6.07) is 5.37. The summed E-state index contributed by atoms with van der Waals surface area (Å²) in [7, 11) is 0. The highest BCUT2D eigenvalue weighted by molar-refractivity contribution is 7.22. The quantitative estimate of drug-likeness (QED) is 0.803. The molecular formula is C14H12N4O3S. The molecule has 0 saturated carbocycles. The molecule has 3 heterocycles. The summed E-state index contributed by atoms with van der Waals surface area (Å²) in [5.41, 5.74) is 1.14. The molecule has 112 valence electrons. The number of hydrogen-bond donors (Lipinski definition) is 1. The van der Waals surface area contributed by atoms with E-state index in [1.807, 2.05) is 19.1 Å². The van der Waals surface area contributed by atoms with Crippen molar-refractivity contribution >= 4 is 32.6 Å². The van der Waals surface area contributed by atoms with Gasteiger partial charge in [-0.1, -0.05) is 11.3 Å². The predicted molar refractivity (Wildman–Crippen MR) is 81.6 cm³/mol. The van der Waals surface area contributed by atoms with Gasteiger partial charge in [-0.15, -0.1) is 0 Å². The van der Waals surface area contributed by atoms with Crippen LogP contribution in [0.5, 0.6) is 11.5 Å². The number of rotatable bonds is 3. The summed E-state index contributed by atoms with van der Waals surface area (Å²) >= 11 is 1.39. The monoisotopic (exact) mass is 316 g/mol. The van der Waals surface area contributed by atoms with Crippen LogP contribution in [0.1, 0.15) is 17.4 Å². The topological polar surface area (TPSA) is 78.3 Å². The maximum Gasteiger partial charge on any atom is 0.277 e. The first kappa shape index (κ1) is 13.1. The van der Waals surface area contributed by atoms with Gasteiger partial charge in [-0.2, -0.15) is 5.10 Å². The number of carbonyl (C=O) groups excluding carboxylic acids is 1. The maximum atomic E-state index is 12.2. The maximum absolute atomic E-state index is 12.2. The molecule has 4 rings (SSSR count). The first-order valence-corrected chi connectivity index (χ1v) is 7.59. The average molecular weight is 316 g/mol. The molecule has 1 aliphatic heterocycles. The molecule has 0 atom stereocenters. The van der Waals surface area contributed by atoms with Crippen LogP contribution in [0, 0.1) is 0 Å². The van der Waals surface area contributed by atoms with Crippen LogP contribution < -0.4 is 14.8 Å². The Bertz CT molecular complexity index is 829. The third-order valence-electron chi connectivity index (χ3n) is 3.30. The Kier molecular flexibility index (Phi) is 2.97. The molecule has 3 aromatic rings. The lowest BCUT2D eigenvalue weighted by molar-refractivity contribution is 0.102. The molecule has 0 radical (unpaired) electrons. The minimum absolute atomic E-state index is 0.232. The Morgan fingerprint density at radius 3 is 3.00 bits per heavy atom. The van der Waals surface area contributed by atoms with Crippen LogP contribution in [-0.4, -0.2) is 27.5 Å². The molecule has 1 aromatic carbocycles. The SMILES string of the molecule is CCn1ccc(C(=O)Nc2nc3cc4c(cc3s2)OCO4)n1. The molecular weight excluding hydrogens is 304 g/mol. The third-order valence-corrected chi connectivity index (χ3v) is 4.23. The van der Waals surface area contributed by atoms with E-state index >= 15 is 0 Å². The molecule has 1 amide bonds. The van der Waals surface area contributed by atoms with E-state index in [4.69, 9.17) is 9.47 Å². The van der Waals surface area contributed by atoms with Crippen molar-refractivity contribution in [2.24, 2.45) is 0 Å². The van der Waals surface area contributed by atoms with Crippen molar-refractivity contribution in [2.75, 3.05) is 12.1 Å². The van der Waals surface area contributed by atoms with Crippen molar-refractivity contribution in [3.63, 3.8) is 0 Å². The lowest BCUT2D eigenvalue weighted by Crippen LogP contribution is -2.13. The van der Waals surface area contributed by atoms with Gasteiger partial charge in [-0.3, -0.25) is 14.8 Å². The summed E-state index contributed by atoms with van der Waals surface area (Å²) in [5, 5.41) is 7.46. The zero-order valence-corrected chi connectivity index (χ0v) is 12.5. The molecule has 8 heteroatoms. The first-order chi connectivity index (χ1) is 10.7. The number of anilines is 1. The van der Waals surface area contributed by atoms with Gasteiger partial charge in [0.25, 0.3) is 5.91 Å². The van der Waals surface area contributed by atoms with Crippen molar-refractivity contribution in [2.45, 2.75) is 13.5 Å². The largest absolute Gasteiger partial charge is 0.454 e. The zero-order chi connectivity index (χ0) is 15.1. The molecule has 1 aliphatic rings. The summed E-state index contributed by atoms with van der Waals surface area (Å²) in [4.78, 5) is 16.6. The van der Waals surface area contributed by atoms with Gasteiger partial charge in [0.05, 0.1) is 10.2 Å². The van der Waals surface area contributed by atoms with Gasteiger partial charge in [0.2, 0.25) is 6.79 Å². The highest BCUT2D eigenvalue weighted by Crippen LogP contribution is 2.38. The standard InChI is InChI=1S/C14H12N4O3S/c1-2-18-4-3-8(17-18)13(19)16-14-15-9-5-10-11(21-7-20-10)6-12(9)22-14/h3-6H,2,7H2,1H3,(H,15,16,19). The smallest absolute Gasteiger partial charge is 0.277 e. The van der Waals surface area contributed by atoms with Gasteiger partial charge >= 0.3 is 0 Å². The van der Waals surface area contributed by atoms with Crippen LogP contribution in [-0.2, 0) is 6.54 Å². The van der Waals surface area contributed by atoms with Crippen molar-refractivity contribution in [1.29, 1.82) is 0 Å². The summed E-state index contributed by atoms with van der Waals surface area (Å²) in [6.07, 6.45) is 1.77. The van der Waals surface area contributed by atoms with E-state index in [9.17, 15) is 4.79 Å². The first-order valence-electron chi connectivity index (χ1n) is 6.78. The van der Waals surface area contributed by atoms with Crippen LogP contribution in [0.4, 0.5) is 5.13 Å². The number of fused-ring (bicyclic) bond motifs is 2. The molecule has 22 heavy (non-hydrogen) atoms. The molecule has 2 aromatic heterocycles. The molecule has 7 nitrogen and oxygen atoms in total. The van der Waals surface area contributed by atoms with Gasteiger partial charge in [-0.25, -0.2) is 4.98 Å². The predicted octanol–water partition coefficient (Wildman–Crippen LogP) is 2.49. The van der Waals surface area contributed by atoms with E-state index in [0.29, 0.717) is 22.3 Å². The average Bonchev–Trinajstić information content (AvgIpc) is 3.22. The number of carbonyl (C=O) groups is 1. The number of hydrogen-bond acceptors (Lipinski definition) is 6. The molecule has 0 aliphatic carbocycles. The molecule has 0 saturated heterocycles. The number of nitrogens with one attached hydrogen (secondary N) is 1. The van der Waals surface area contributed by atoms with E-state index in [0.717, 1.165) is 16.8 Å². The number of benzene rings is 1. The molecule has 0 fully saturated rings. The fourth-order valence-electron chi connectivity index (χ4n) is 2.19. The van der Waals surface area contributed by atoms with Crippen LogP contribution in [0.25, 0.3) is 10.2 Å². The minimum atomic E-state index is -0.272. The normalized spacial score (nSPS) is 12.8. The minimum Gasteiger partial charge on any atom is -0.454 e. The Morgan fingerprint density at radius 2 is 2.23 bits per heavy atom. The molecule has 0 bridgehead atoms. The zero-order valence-electron chi connectivity index (χ0n) is 11.7. The van der Waals surface area contributed by atoms with Crippen molar-refractivity contribution < 1.29 is 14.3 Å². The summed E-state index contributed by atoms with van der Waals surface area (Å²) < 4.78 is 13.3. The lowest BCUT2D eigenvalue weighted by atomic mass is 10.3. The van der Waals surface area contributed by atoms with E-state index < -0.39 is 0 Å². The number of thiazole rings is 1. The van der Waals surface area contributed by atoms with Crippen LogP contribution in [0.3, 0.4) is 0 Å². The van der Waals surface area contributed by atoms with Gasteiger partial charge in [0.15, 0.2) is 22.3 Å². The van der Waals surface area contributed by atoms with Gasteiger partial charge in [0, 0.05) is 24.9 Å². The Morgan fingerprint density at radius 1 is 1.41 bits per heavy atom. The van der Waals surface area contributed by atoms with Gasteiger partial charge in [0.1, 0.15) is 0 Å². The molecule has 0 spiro atoms. The number of aryl methyl sites for hydroxylation is 1. The molecule has 0 unspecified atom stereocenters. The number of nitrogens with zero attached hydrogens (tertiary/aromatic N) is 3. The number of amides is 1. The lowest BCUT2D eigenvalue weighted by Gasteiger charge is -1.97. The van der Waals surface area contributed by atoms with Gasteiger partial charge in [-0.05, 0) is 13.0 Å². The third kappa shape index (κ3) is 2.17. The Hall–Kier alpha value is -2.61. The fraction of sp³-hybridized carbons (Fsp3) is 0.214. The highest BCUT2D eigenvalue weighted by Gasteiger charge is 2.18. The van der Waals surface area contributed by atoms with E-state index in [2.05, 4.69) is 15.4 Å². The highest BCUT2D eigenvalue weighted by atomic mass is 32.1. The van der Waals surface area contributed by atoms with E-state index in [1.54, 1.807) is 16.9 Å². The molecule has 1 N–H and O–H groups in total. The van der Waals surface area contributed by atoms with E-state index in [-0.39, 0.29) is 12.7 Å². The van der Waals surface area contributed by atoms with Crippen LogP contribution in [0.15, 0.2) is 24.4 Å². The van der Waals surface area contributed by atoms with Crippen LogP contribution in [0.2, 0.25) is 0 Å².